The van der Waals surface area contributed by atoms with Crippen LogP contribution in [-0.2, 0) is 6.61 Å². The van der Waals surface area contributed by atoms with Crippen LogP contribution in [0.3, 0.4) is 0 Å². The van der Waals surface area contributed by atoms with E-state index in [4.69, 9.17) is 27.5 Å². The van der Waals surface area contributed by atoms with Gasteiger partial charge in [-0.3, -0.25) is 5.41 Å². The molecule has 3 nitrogen and oxygen atoms in total. The highest BCUT2D eigenvalue weighted by atomic mass is 35.5. The van der Waals surface area contributed by atoms with Gasteiger partial charge in [0.05, 0.1) is 10.6 Å². The first-order valence-corrected chi connectivity index (χ1v) is 6.07. The maximum atomic E-state index is 13.6. The molecule has 6 heteroatoms. The highest BCUT2D eigenvalue weighted by Crippen LogP contribution is 2.25. The molecule has 2 aromatic rings. The molecule has 0 atom stereocenters. The van der Waals surface area contributed by atoms with Gasteiger partial charge in [0.25, 0.3) is 0 Å². The van der Waals surface area contributed by atoms with Crippen LogP contribution in [0.2, 0.25) is 5.02 Å². The highest BCUT2D eigenvalue weighted by molar-refractivity contribution is 6.31. The first-order valence-electron chi connectivity index (χ1n) is 5.69. The Balaban J connectivity index is 2.28. The fourth-order valence-corrected chi connectivity index (χ4v) is 1.92. The summed E-state index contributed by atoms with van der Waals surface area (Å²) in [6, 6.07) is 8.29. The second-order valence-corrected chi connectivity index (χ2v) is 4.42. The summed E-state index contributed by atoms with van der Waals surface area (Å²) in [4.78, 5) is 0. The second kappa shape index (κ2) is 5.88. The van der Waals surface area contributed by atoms with Crippen LogP contribution in [0.25, 0.3) is 0 Å². The van der Waals surface area contributed by atoms with Gasteiger partial charge in [-0.25, -0.2) is 8.78 Å². The molecule has 2 rings (SSSR count). The summed E-state index contributed by atoms with van der Waals surface area (Å²) >= 11 is 5.87. The maximum absolute atomic E-state index is 13.6. The smallest absolute Gasteiger partial charge is 0.137 e. The van der Waals surface area contributed by atoms with Gasteiger partial charge in [-0.2, -0.15) is 0 Å². The number of rotatable bonds is 4. The molecule has 0 radical (unpaired) electrons. The van der Waals surface area contributed by atoms with Crippen LogP contribution in [0.1, 0.15) is 11.1 Å². The number of halogens is 3. The van der Waals surface area contributed by atoms with E-state index in [1.54, 1.807) is 0 Å². The van der Waals surface area contributed by atoms with Gasteiger partial charge in [-0.05, 0) is 24.3 Å². The van der Waals surface area contributed by atoms with Crippen molar-refractivity contribution in [3.8, 4) is 5.75 Å². The van der Waals surface area contributed by atoms with Gasteiger partial charge in [0, 0.05) is 5.56 Å². The van der Waals surface area contributed by atoms with Crippen molar-refractivity contribution in [3.05, 3.63) is 64.2 Å². The zero-order valence-electron chi connectivity index (χ0n) is 10.3. The van der Waals surface area contributed by atoms with Gasteiger partial charge in [0.2, 0.25) is 0 Å². The standard InChI is InChI=1S/C14H11ClF2N2O/c15-9-3-1-4-10(16)8(9)7-20-12-6-2-5-11(17)13(12)14(18)19/h1-6H,7H2,(H3,18,19). The first-order chi connectivity index (χ1) is 9.50. The largest absolute Gasteiger partial charge is 0.488 e. The molecule has 0 saturated carbocycles. The molecule has 0 bridgehead atoms. The highest BCUT2D eigenvalue weighted by Gasteiger charge is 2.14. The third-order valence-electron chi connectivity index (χ3n) is 2.68. The molecule has 3 N–H and O–H groups in total. The van der Waals surface area contributed by atoms with E-state index in [0.717, 1.165) is 0 Å². The molecule has 0 spiro atoms. The molecule has 0 unspecified atom stereocenters. The van der Waals surface area contributed by atoms with Gasteiger partial charge >= 0.3 is 0 Å². The molecule has 0 fully saturated rings. The topological polar surface area (TPSA) is 59.1 Å². The lowest BCUT2D eigenvalue weighted by Crippen LogP contribution is -2.15. The van der Waals surface area contributed by atoms with Crippen LogP contribution in [0.5, 0.6) is 5.75 Å². The Morgan fingerprint density at radius 3 is 2.45 bits per heavy atom. The molecule has 2 aromatic carbocycles. The Bertz CT molecular complexity index is 641. The average Bonchev–Trinajstić information content (AvgIpc) is 2.37. The van der Waals surface area contributed by atoms with E-state index in [1.165, 1.54) is 36.4 Å². The summed E-state index contributed by atoms with van der Waals surface area (Å²) in [5.41, 5.74) is 5.31. The molecule has 0 aromatic heterocycles. The lowest BCUT2D eigenvalue weighted by Gasteiger charge is -2.12. The number of hydrogen-bond acceptors (Lipinski definition) is 2. The minimum atomic E-state index is -0.672. The van der Waals surface area contributed by atoms with E-state index in [-0.39, 0.29) is 28.5 Å². The van der Waals surface area contributed by atoms with Gasteiger partial charge in [-0.15, -0.1) is 0 Å². The number of ether oxygens (including phenoxy) is 1. The van der Waals surface area contributed by atoms with Crippen LogP contribution >= 0.6 is 11.6 Å². The third-order valence-corrected chi connectivity index (χ3v) is 3.03. The number of nitrogen functional groups attached to an aromatic ring is 1. The molecule has 0 aliphatic rings. The van der Waals surface area contributed by atoms with Crippen molar-refractivity contribution in [3.63, 3.8) is 0 Å². The first kappa shape index (κ1) is 14.3. The summed E-state index contributed by atoms with van der Waals surface area (Å²) in [5, 5.41) is 7.56. The average molecular weight is 297 g/mol. The van der Waals surface area contributed by atoms with Crippen LogP contribution in [0, 0.1) is 17.0 Å². The Kier molecular flexibility index (Phi) is 4.20. The minimum Gasteiger partial charge on any atom is -0.488 e. The van der Waals surface area contributed by atoms with Crippen molar-refractivity contribution in [2.24, 2.45) is 5.73 Å². The molecule has 0 saturated heterocycles. The van der Waals surface area contributed by atoms with Crippen molar-refractivity contribution >= 4 is 17.4 Å². The van der Waals surface area contributed by atoms with E-state index >= 15 is 0 Å². The molecule has 0 amide bonds. The van der Waals surface area contributed by atoms with E-state index in [1.807, 2.05) is 0 Å². The maximum Gasteiger partial charge on any atom is 0.137 e. The second-order valence-electron chi connectivity index (χ2n) is 4.02. The van der Waals surface area contributed by atoms with Crippen LogP contribution in [-0.4, -0.2) is 5.84 Å². The number of amidine groups is 1. The van der Waals surface area contributed by atoms with E-state index in [2.05, 4.69) is 0 Å². The fraction of sp³-hybridized carbons (Fsp3) is 0.0714. The lowest BCUT2D eigenvalue weighted by molar-refractivity contribution is 0.297. The molecular weight excluding hydrogens is 286 g/mol. The number of benzene rings is 2. The molecular formula is C14H11ClF2N2O. The molecule has 20 heavy (non-hydrogen) atoms. The Morgan fingerprint density at radius 1 is 1.15 bits per heavy atom. The van der Waals surface area contributed by atoms with E-state index in [0.29, 0.717) is 0 Å². The zero-order valence-corrected chi connectivity index (χ0v) is 11.0. The predicted octanol–water partition coefficient (Wildman–Crippen LogP) is 3.48. The quantitative estimate of drug-likeness (QED) is 0.670. The van der Waals surface area contributed by atoms with Gasteiger partial charge in [-0.1, -0.05) is 23.7 Å². The van der Waals surface area contributed by atoms with Gasteiger partial charge in [0.1, 0.15) is 29.8 Å². The predicted molar refractivity (Wildman–Crippen MR) is 73.2 cm³/mol. The van der Waals surface area contributed by atoms with Crippen molar-refractivity contribution in [2.45, 2.75) is 6.61 Å². The monoisotopic (exact) mass is 296 g/mol. The summed E-state index contributed by atoms with van der Waals surface area (Å²) in [6.07, 6.45) is 0. The molecule has 0 aliphatic carbocycles. The van der Waals surface area contributed by atoms with Crippen molar-refractivity contribution in [1.82, 2.24) is 0 Å². The van der Waals surface area contributed by atoms with Crippen LogP contribution < -0.4 is 10.5 Å². The summed E-state index contributed by atoms with van der Waals surface area (Å²) in [5.74, 6) is -1.58. The molecule has 104 valence electrons. The van der Waals surface area contributed by atoms with E-state index < -0.39 is 17.5 Å². The minimum absolute atomic E-state index is 0.0665. The Morgan fingerprint density at radius 2 is 1.80 bits per heavy atom. The molecule has 0 aliphatic heterocycles. The Hall–Kier alpha value is -2.14. The zero-order chi connectivity index (χ0) is 14.7. The number of nitrogens with two attached hydrogens (primary N) is 1. The molecule has 0 heterocycles. The number of nitrogens with one attached hydrogen (secondary N) is 1. The fourth-order valence-electron chi connectivity index (χ4n) is 1.71. The number of hydrogen-bond donors (Lipinski definition) is 2. The lowest BCUT2D eigenvalue weighted by atomic mass is 10.1. The van der Waals surface area contributed by atoms with Crippen molar-refractivity contribution in [2.75, 3.05) is 0 Å². The Labute approximate surface area is 119 Å². The van der Waals surface area contributed by atoms with Crippen molar-refractivity contribution < 1.29 is 13.5 Å². The van der Waals surface area contributed by atoms with Crippen molar-refractivity contribution in [1.29, 1.82) is 5.41 Å². The van der Waals surface area contributed by atoms with E-state index in [9.17, 15) is 8.78 Å². The van der Waals surface area contributed by atoms with Gasteiger partial charge in [0.15, 0.2) is 0 Å². The van der Waals surface area contributed by atoms with Crippen LogP contribution in [0.4, 0.5) is 8.78 Å². The van der Waals surface area contributed by atoms with Crippen LogP contribution in [0.15, 0.2) is 36.4 Å². The van der Waals surface area contributed by atoms with Gasteiger partial charge < -0.3 is 10.5 Å². The summed E-state index contributed by atoms with van der Waals surface area (Å²) in [6.45, 7) is -0.185. The summed E-state index contributed by atoms with van der Waals surface area (Å²) in [7, 11) is 0. The summed E-state index contributed by atoms with van der Waals surface area (Å²) < 4.78 is 32.5. The SMILES string of the molecule is N=C(N)c1c(F)cccc1OCc1c(F)cccc1Cl. The third kappa shape index (κ3) is 2.88. The normalized spacial score (nSPS) is 10.3.